The molecule has 0 heterocycles. The number of amides is 1. The van der Waals surface area contributed by atoms with Crippen molar-refractivity contribution < 1.29 is 14.7 Å². The van der Waals surface area contributed by atoms with Crippen LogP contribution >= 0.6 is 11.6 Å². The number of ether oxygens (including phenoxy) is 1. The lowest BCUT2D eigenvalue weighted by Gasteiger charge is -2.15. The zero-order valence-electron chi connectivity index (χ0n) is 10.7. The molecule has 0 saturated carbocycles. The second kappa shape index (κ2) is 6.84. The first-order chi connectivity index (χ1) is 9.03. The van der Waals surface area contributed by atoms with Crippen molar-refractivity contribution in [2.24, 2.45) is 16.8 Å². The molecule has 0 aliphatic heterocycles. The number of nitrogens with one attached hydrogen (secondary N) is 1. The number of nitrogens with zero attached hydrogens (tertiary/aromatic N) is 1. The van der Waals surface area contributed by atoms with Gasteiger partial charge in [-0.15, -0.1) is 0 Å². The molecule has 0 bridgehead atoms. The highest BCUT2D eigenvalue weighted by Gasteiger charge is 2.22. The zero-order valence-corrected chi connectivity index (χ0v) is 11.4. The Bertz CT molecular complexity index is 491. The van der Waals surface area contributed by atoms with Gasteiger partial charge in [0.2, 0.25) is 5.91 Å². The Labute approximate surface area is 116 Å². The third-order valence-corrected chi connectivity index (χ3v) is 2.85. The van der Waals surface area contributed by atoms with E-state index in [2.05, 4.69) is 10.5 Å². The van der Waals surface area contributed by atoms with Gasteiger partial charge >= 0.3 is 0 Å². The van der Waals surface area contributed by atoms with Gasteiger partial charge in [-0.2, -0.15) is 0 Å². The Balaban J connectivity index is 2.95. The average molecular weight is 286 g/mol. The number of carbonyl (C=O) groups excluding carboxylic acids is 1. The van der Waals surface area contributed by atoms with Gasteiger partial charge in [0, 0.05) is 5.02 Å². The number of hydrogen-bond acceptors (Lipinski definition) is 4. The summed E-state index contributed by atoms with van der Waals surface area (Å²) in [5.41, 5.74) is 5.90. The molecule has 4 N–H and O–H groups in total. The third-order valence-electron chi connectivity index (χ3n) is 2.62. The highest BCUT2D eigenvalue weighted by atomic mass is 35.5. The van der Waals surface area contributed by atoms with Crippen LogP contribution in [0.4, 0.5) is 5.69 Å². The van der Waals surface area contributed by atoms with Gasteiger partial charge in [-0.05, 0) is 24.6 Å². The molecule has 0 radical (unpaired) electrons. The largest absolute Gasteiger partial charge is 0.495 e. The van der Waals surface area contributed by atoms with Crippen molar-refractivity contribution in [3.8, 4) is 5.75 Å². The average Bonchev–Trinajstić information content (AvgIpc) is 2.39. The predicted octanol–water partition coefficient (Wildman–Crippen LogP) is 2.06. The van der Waals surface area contributed by atoms with Gasteiger partial charge in [-0.1, -0.05) is 23.7 Å². The molecule has 1 amide bonds. The number of nitrogens with two attached hydrogens (primary N) is 1. The van der Waals surface area contributed by atoms with E-state index >= 15 is 0 Å². The first kappa shape index (κ1) is 15.1. The number of methoxy groups -OCH3 is 1. The number of hydrogen-bond donors (Lipinski definition) is 3. The normalized spacial score (nSPS) is 12.9. The van der Waals surface area contributed by atoms with E-state index in [0.717, 1.165) is 0 Å². The van der Waals surface area contributed by atoms with E-state index in [0.29, 0.717) is 22.9 Å². The van der Waals surface area contributed by atoms with Crippen LogP contribution in [-0.4, -0.2) is 24.1 Å². The molecule has 0 aromatic heterocycles. The van der Waals surface area contributed by atoms with Gasteiger partial charge in [-0.25, -0.2) is 0 Å². The standard InChI is InChI=1S/C12H16ClN3O3/c1-3-8(11(14)16-18)12(17)15-9-6-7(13)4-5-10(9)19-2/h4-6,8,18H,3H2,1-2H3,(H2,14,16)(H,15,17). The van der Waals surface area contributed by atoms with Crippen molar-refractivity contribution in [2.45, 2.75) is 13.3 Å². The molecule has 7 heteroatoms. The minimum atomic E-state index is -0.714. The number of halogens is 1. The van der Waals surface area contributed by atoms with E-state index in [4.69, 9.17) is 27.3 Å². The van der Waals surface area contributed by atoms with Crippen LogP contribution in [0.2, 0.25) is 5.02 Å². The molecule has 1 aromatic carbocycles. The van der Waals surface area contributed by atoms with Gasteiger partial charge in [0.05, 0.1) is 18.7 Å². The second-order valence-corrected chi connectivity index (χ2v) is 4.26. The monoisotopic (exact) mass is 285 g/mol. The van der Waals surface area contributed by atoms with E-state index in [1.165, 1.54) is 7.11 Å². The smallest absolute Gasteiger partial charge is 0.235 e. The Morgan fingerprint density at radius 3 is 2.84 bits per heavy atom. The van der Waals surface area contributed by atoms with E-state index in [-0.39, 0.29) is 5.84 Å². The van der Waals surface area contributed by atoms with Crippen molar-refractivity contribution in [1.82, 2.24) is 0 Å². The van der Waals surface area contributed by atoms with Gasteiger partial charge in [0.15, 0.2) is 5.84 Å². The zero-order chi connectivity index (χ0) is 14.4. The molecule has 1 aromatic rings. The maximum Gasteiger partial charge on any atom is 0.235 e. The number of anilines is 1. The molecule has 19 heavy (non-hydrogen) atoms. The lowest BCUT2D eigenvalue weighted by atomic mass is 10.0. The fourth-order valence-corrected chi connectivity index (χ4v) is 1.77. The maximum absolute atomic E-state index is 12.0. The molecule has 6 nitrogen and oxygen atoms in total. The first-order valence-electron chi connectivity index (χ1n) is 5.65. The summed E-state index contributed by atoms with van der Waals surface area (Å²) in [6.07, 6.45) is 0.407. The summed E-state index contributed by atoms with van der Waals surface area (Å²) in [7, 11) is 1.49. The molecule has 0 saturated heterocycles. The van der Waals surface area contributed by atoms with E-state index < -0.39 is 11.8 Å². The van der Waals surface area contributed by atoms with Crippen LogP contribution in [-0.2, 0) is 4.79 Å². The number of carbonyl (C=O) groups is 1. The highest BCUT2D eigenvalue weighted by molar-refractivity contribution is 6.31. The molecule has 1 rings (SSSR count). The van der Waals surface area contributed by atoms with Gasteiger partial charge in [0.25, 0.3) is 0 Å². The van der Waals surface area contributed by atoms with Crippen molar-refractivity contribution in [3.05, 3.63) is 23.2 Å². The Kier molecular flexibility index (Phi) is 5.44. The van der Waals surface area contributed by atoms with E-state index in [1.54, 1.807) is 25.1 Å². The Morgan fingerprint density at radius 2 is 2.32 bits per heavy atom. The number of oxime groups is 1. The van der Waals surface area contributed by atoms with Crippen molar-refractivity contribution in [3.63, 3.8) is 0 Å². The molecule has 0 spiro atoms. The van der Waals surface area contributed by atoms with Crippen molar-refractivity contribution >= 4 is 29.0 Å². The van der Waals surface area contributed by atoms with Crippen LogP contribution in [0, 0.1) is 5.92 Å². The SMILES string of the molecule is CCC(C(=O)Nc1cc(Cl)ccc1OC)C(N)=NO. The Morgan fingerprint density at radius 1 is 1.63 bits per heavy atom. The molecule has 0 aliphatic rings. The fourth-order valence-electron chi connectivity index (χ4n) is 1.60. The van der Waals surface area contributed by atoms with Gasteiger partial charge in [-0.3, -0.25) is 4.79 Å². The lowest BCUT2D eigenvalue weighted by Crippen LogP contribution is -2.34. The maximum atomic E-state index is 12.0. The second-order valence-electron chi connectivity index (χ2n) is 3.82. The lowest BCUT2D eigenvalue weighted by molar-refractivity contribution is -0.118. The summed E-state index contributed by atoms with van der Waals surface area (Å²) in [4.78, 5) is 12.0. The number of amidine groups is 1. The molecule has 1 unspecified atom stereocenters. The fraction of sp³-hybridized carbons (Fsp3) is 0.333. The van der Waals surface area contributed by atoms with Crippen molar-refractivity contribution in [2.75, 3.05) is 12.4 Å². The summed E-state index contributed by atoms with van der Waals surface area (Å²) in [6, 6.07) is 4.86. The minimum absolute atomic E-state index is 0.138. The van der Waals surface area contributed by atoms with Crippen LogP contribution in [0.15, 0.2) is 23.4 Å². The summed E-state index contributed by atoms with van der Waals surface area (Å²) >= 11 is 5.87. The van der Waals surface area contributed by atoms with Crippen LogP contribution in [0.5, 0.6) is 5.75 Å². The summed E-state index contributed by atoms with van der Waals surface area (Å²) in [5, 5.41) is 14.6. The van der Waals surface area contributed by atoms with E-state index in [9.17, 15) is 4.79 Å². The molecular formula is C12H16ClN3O3. The Hall–Kier alpha value is -1.95. The molecule has 104 valence electrons. The quantitative estimate of drug-likeness (QED) is 0.334. The van der Waals surface area contributed by atoms with Gasteiger partial charge in [0.1, 0.15) is 5.75 Å². The predicted molar refractivity (Wildman–Crippen MR) is 73.8 cm³/mol. The summed E-state index contributed by atoms with van der Waals surface area (Å²) < 4.78 is 5.12. The third kappa shape index (κ3) is 3.75. The molecule has 0 aliphatic carbocycles. The number of benzene rings is 1. The van der Waals surface area contributed by atoms with Crippen LogP contribution in [0.1, 0.15) is 13.3 Å². The van der Waals surface area contributed by atoms with E-state index in [1.807, 2.05) is 0 Å². The topological polar surface area (TPSA) is 96.9 Å². The minimum Gasteiger partial charge on any atom is -0.495 e. The highest BCUT2D eigenvalue weighted by Crippen LogP contribution is 2.28. The summed E-state index contributed by atoms with van der Waals surface area (Å²) in [5.74, 6) is -0.764. The first-order valence-corrected chi connectivity index (χ1v) is 6.03. The van der Waals surface area contributed by atoms with Gasteiger partial charge < -0.3 is 21.0 Å². The van der Waals surface area contributed by atoms with Crippen molar-refractivity contribution in [1.29, 1.82) is 0 Å². The molecular weight excluding hydrogens is 270 g/mol. The van der Waals surface area contributed by atoms with Crippen LogP contribution in [0.3, 0.4) is 0 Å². The van der Waals surface area contributed by atoms with Crippen LogP contribution in [0.25, 0.3) is 0 Å². The number of rotatable bonds is 5. The molecule has 0 fully saturated rings. The summed E-state index contributed by atoms with van der Waals surface area (Å²) in [6.45, 7) is 1.76. The molecule has 1 atom stereocenters. The van der Waals surface area contributed by atoms with Crippen LogP contribution < -0.4 is 15.8 Å².